The van der Waals surface area contributed by atoms with Crippen LogP contribution in [0.5, 0.6) is 0 Å². The first-order valence-electron chi connectivity index (χ1n) is 9.42. The maximum atomic E-state index is 13.3. The molecule has 0 radical (unpaired) electrons. The maximum Gasteiger partial charge on any atom is 0.267 e. The van der Waals surface area contributed by atoms with Crippen molar-refractivity contribution in [3.8, 4) is 0 Å². The first-order chi connectivity index (χ1) is 14.4. The Morgan fingerprint density at radius 3 is 2.77 bits per heavy atom. The predicted molar refractivity (Wildman–Crippen MR) is 122 cm³/mol. The highest BCUT2D eigenvalue weighted by Gasteiger charge is 2.34. The summed E-state index contributed by atoms with van der Waals surface area (Å²) in [7, 11) is 0. The number of nitrogens with zero attached hydrogens (tertiary/aromatic N) is 3. The van der Waals surface area contributed by atoms with Crippen LogP contribution in [0.25, 0.3) is 11.7 Å². The zero-order valence-corrected chi connectivity index (χ0v) is 18.3. The Kier molecular flexibility index (Phi) is 5.48. The van der Waals surface area contributed by atoms with Gasteiger partial charge in [-0.25, -0.2) is 4.98 Å². The number of furan rings is 1. The van der Waals surface area contributed by atoms with Crippen molar-refractivity contribution < 1.29 is 9.21 Å². The molecule has 1 amide bonds. The molecule has 154 valence electrons. The van der Waals surface area contributed by atoms with Crippen LogP contribution in [0.15, 0.2) is 50.8 Å². The predicted octanol–water partition coefficient (Wildman–Crippen LogP) is 3.82. The van der Waals surface area contributed by atoms with Crippen LogP contribution >= 0.6 is 24.0 Å². The number of hydrogen-bond acceptors (Lipinski definition) is 7. The van der Waals surface area contributed by atoms with E-state index in [2.05, 4.69) is 10.3 Å². The van der Waals surface area contributed by atoms with Crippen LogP contribution in [0.2, 0.25) is 0 Å². The lowest BCUT2D eigenvalue weighted by Crippen LogP contribution is -2.34. The molecule has 1 aliphatic rings. The molecule has 3 aromatic rings. The van der Waals surface area contributed by atoms with Crippen molar-refractivity contribution in [3.63, 3.8) is 0 Å². The van der Waals surface area contributed by atoms with Gasteiger partial charge in [0.25, 0.3) is 11.5 Å². The lowest BCUT2D eigenvalue weighted by molar-refractivity contribution is -0.123. The molecule has 7 nitrogen and oxygen atoms in total. The minimum atomic E-state index is -0.263. The van der Waals surface area contributed by atoms with Gasteiger partial charge in [-0.15, -0.1) is 0 Å². The average molecular weight is 441 g/mol. The van der Waals surface area contributed by atoms with Crippen LogP contribution in [0, 0.1) is 6.92 Å². The molecule has 0 spiro atoms. The number of aryl methyl sites for hydroxylation is 1. The molecule has 4 heterocycles. The van der Waals surface area contributed by atoms with Gasteiger partial charge in [-0.05, 0) is 50.6 Å². The fourth-order valence-corrected chi connectivity index (χ4v) is 4.72. The maximum absolute atomic E-state index is 13.3. The number of anilines is 1. The zero-order chi connectivity index (χ0) is 21.4. The third-order valence-corrected chi connectivity index (χ3v) is 6.04. The molecule has 0 saturated carbocycles. The van der Waals surface area contributed by atoms with E-state index >= 15 is 0 Å². The molecule has 30 heavy (non-hydrogen) atoms. The van der Waals surface area contributed by atoms with E-state index < -0.39 is 0 Å². The molecule has 1 aliphatic heterocycles. The molecular weight excluding hydrogens is 420 g/mol. The van der Waals surface area contributed by atoms with Crippen LogP contribution in [-0.4, -0.2) is 30.6 Å². The second-order valence-electron chi connectivity index (χ2n) is 7.14. The topological polar surface area (TPSA) is 79.9 Å². The fourth-order valence-electron chi connectivity index (χ4n) is 3.22. The Balaban J connectivity index is 1.84. The Morgan fingerprint density at radius 1 is 1.30 bits per heavy atom. The number of fused-ring (bicyclic) bond motifs is 1. The monoisotopic (exact) mass is 440 g/mol. The highest BCUT2D eigenvalue weighted by atomic mass is 32.2. The summed E-state index contributed by atoms with van der Waals surface area (Å²) in [6, 6.07) is 7.26. The summed E-state index contributed by atoms with van der Waals surface area (Å²) in [4.78, 5) is 32.8. The summed E-state index contributed by atoms with van der Waals surface area (Å²) in [5.41, 5.74) is 1.46. The molecule has 1 fully saturated rings. The van der Waals surface area contributed by atoms with Crippen molar-refractivity contribution >= 4 is 51.7 Å². The van der Waals surface area contributed by atoms with Crippen LogP contribution in [0.1, 0.15) is 30.7 Å². The quantitative estimate of drug-likeness (QED) is 0.477. The normalized spacial score (nSPS) is 15.7. The summed E-state index contributed by atoms with van der Waals surface area (Å²) < 4.78 is 7.34. The highest BCUT2D eigenvalue weighted by Crippen LogP contribution is 2.34. The van der Waals surface area contributed by atoms with Gasteiger partial charge >= 0.3 is 0 Å². The Hall–Kier alpha value is -2.91. The second kappa shape index (κ2) is 8.08. The fraction of sp³-hybridized carbons (Fsp3) is 0.238. The van der Waals surface area contributed by atoms with Crippen molar-refractivity contribution in [1.82, 2.24) is 14.3 Å². The van der Waals surface area contributed by atoms with Crippen LogP contribution in [-0.2, 0) is 11.3 Å². The molecule has 0 atom stereocenters. The van der Waals surface area contributed by atoms with Gasteiger partial charge in [0.15, 0.2) is 0 Å². The summed E-state index contributed by atoms with van der Waals surface area (Å²) in [6.07, 6.45) is 4.84. The number of rotatable bonds is 5. The first kappa shape index (κ1) is 20.4. The molecule has 9 heteroatoms. The van der Waals surface area contributed by atoms with Gasteiger partial charge in [-0.2, -0.15) is 0 Å². The van der Waals surface area contributed by atoms with Gasteiger partial charge in [0.1, 0.15) is 21.5 Å². The third kappa shape index (κ3) is 3.66. The van der Waals surface area contributed by atoms with Gasteiger partial charge in [0, 0.05) is 12.2 Å². The highest BCUT2D eigenvalue weighted by molar-refractivity contribution is 8.26. The van der Waals surface area contributed by atoms with Gasteiger partial charge < -0.3 is 9.73 Å². The number of amides is 1. The number of pyridine rings is 1. The average Bonchev–Trinajstić information content (AvgIpc) is 3.31. The number of carbonyl (C=O) groups excluding carboxylic acids is 1. The van der Waals surface area contributed by atoms with Crippen LogP contribution < -0.4 is 10.9 Å². The summed E-state index contributed by atoms with van der Waals surface area (Å²) in [5.74, 6) is 0.894. The summed E-state index contributed by atoms with van der Waals surface area (Å²) in [5, 5.41) is 3.18. The molecule has 3 aromatic heterocycles. The minimum Gasteiger partial charge on any atom is -0.467 e. The molecule has 0 bridgehead atoms. The smallest absolute Gasteiger partial charge is 0.267 e. The van der Waals surface area contributed by atoms with Crippen molar-refractivity contribution in [1.29, 1.82) is 0 Å². The number of carbonyl (C=O) groups is 1. The van der Waals surface area contributed by atoms with E-state index in [1.54, 1.807) is 35.6 Å². The Morgan fingerprint density at radius 2 is 2.10 bits per heavy atom. The zero-order valence-electron chi connectivity index (χ0n) is 16.7. The van der Waals surface area contributed by atoms with E-state index in [9.17, 15) is 9.59 Å². The lowest BCUT2D eigenvalue weighted by atomic mass is 10.2. The third-order valence-electron chi connectivity index (χ3n) is 4.71. The first-order valence-corrected chi connectivity index (χ1v) is 10.6. The van der Waals surface area contributed by atoms with Crippen LogP contribution in [0.3, 0.4) is 0 Å². The number of aromatic nitrogens is 2. The van der Waals surface area contributed by atoms with Crippen LogP contribution in [0.4, 0.5) is 5.82 Å². The molecule has 0 aromatic carbocycles. The molecular formula is C21H20N4O3S2. The van der Waals surface area contributed by atoms with E-state index in [0.717, 1.165) is 5.56 Å². The van der Waals surface area contributed by atoms with E-state index in [4.69, 9.17) is 16.6 Å². The minimum absolute atomic E-state index is 0.0570. The van der Waals surface area contributed by atoms with Gasteiger partial charge in [0.2, 0.25) is 0 Å². The van der Waals surface area contributed by atoms with Gasteiger partial charge in [-0.1, -0.05) is 30.0 Å². The number of thiocarbonyl (C=S) groups is 1. The molecule has 1 saturated heterocycles. The van der Waals surface area contributed by atoms with Gasteiger partial charge in [-0.3, -0.25) is 18.9 Å². The standard InChI is InChI=1S/C21H20N4O3S2/c1-12(2)25-20(27)16(30-21(25)29)10-15-17(22-11-14-7-5-9-28-14)23-18-13(3)6-4-8-24(18)19(15)26/h4-10,12,22H,11H2,1-3H3. The van der Waals surface area contributed by atoms with Gasteiger partial charge in [0.05, 0.1) is 23.3 Å². The Labute approximate surface area is 182 Å². The van der Waals surface area contributed by atoms with Crippen molar-refractivity contribution in [2.75, 3.05) is 5.32 Å². The molecule has 1 N–H and O–H groups in total. The SMILES string of the molecule is Cc1cccn2c(=O)c(C=C3SC(=S)N(C(C)C)C3=O)c(NCc3ccco3)nc12. The molecule has 4 rings (SSSR count). The van der Waals surface area contributed by atoms with E-state index in [-0.39, 0.29) is 17.5 Å². The summed E-state index contributed by atoms with van der Waals surface area (Å²) >= 11 is 6.55. The van der Waals surface area contributed by atoms with E-state index in [0.29, 0.717) is 38.6 Å². The molecule has 0 aliphatic carbocycles. The number of hydrogen-bond donors (Lipinski definition) is 1. The number of thioether (sulfide) groups is 1. The summed E-state index contributed by atoms with van der Waals surface area (Å²) in [6.45, 7) is 6.05. The second-order valence-corrected chi connectivity index (χ2v) is 8.82. The van der Waals surface area contributed by atoms with E-state index in [1.807, 2.05) is 32.9 Å². The van der Waals surface area contributed by atoms with Crippen molar-refractivity contribution in [3.05, 3.63) is 68.9 Å². The van der Waals surface area contributed by atoms with Crippen molar-refractivity contribution in [2.45, 2.75) is 33.4 Å². The van der Waals surface area contributed by atoms with E-state index in [1.165, 1.54) is 16.2 Å². The Bertz CT molecular complexity index is 1230. The van der Waals surface area contributed by atoms with Crippen molar-refractivity contribution in [2.24, 2.45) is 0 Å². The largest absolute Gasteiger partial charge is 0.467 e. The molecule has 0 unspecified atom stereocenters. The lowest BCUT2D eigenvalue weighted by Gasteiger charge is -2.18. The number of nitrogens with one attached hydrogen (secondary N) is 1.